The number of hydrogen-bond acceptors (Lipinski definition) is 7. The number of amides is 1. The zero-order chi connectivity index (χ0) is 13.9. The molecular formula is C12H12N4O3S. The lowest BCUT2D eigenvalue weighted by Crippen LogP contribution is -2.11. The highest BCUT2D eigenvalue weighted by atomic mass is 32.1. The predicted octanol–water partition coefficient (Wildman–Crippen LogP) is 1.53. The molecular weight excluding hydrogens is 280 g/mol. The molecule has 3 rings (SSSR count). The molecule has 1 aliphatic rings. The van der Waals surface area contributed by atoms with Crippen LogP contribution >= 0.6 is 11.3 Å². The van der Waals surface area contributed by atoms with Crippen molar-refractivity contribution in [2.24, 2.45) is 0 Å². The van der Waals surface area contributed by atoms with Crippen LogP contribution < -0.4 is 20.5 Å². The highest BCUT2D eigenvalue weighted by Crippen LogP contribution is 2.32. The Morgan fingerprint density at radius 1 is 1.25 bits per heavy atom. The molecule has 1 aromatic carbocycles. The molecule has 104 valence electrons. The maximum atomic E-state index is 11.9. The lowest BCUT2D eigenvalue weighted by atomic mass is 10.2. The topological polar surface area (TPSA) is 99.4 Å². The van der Waals surface area contributed by atoms with Crippen LogP contribution in [0.2, 0.25) is 0 Å². The second-order valence-corrected chi connectivity index (χ2v) is 5.12. The number of carbonyl (C=O) groups excluding carboxylic acids is 1. The minimum absolute atomic E-state index is 0.217. The third-order valence-corrected chi connectivity index (χ3v) is 3.39. The second-order valence-electron chi connectivity index (χ2n) is 4.11. The Morgan fingerprint density at radius 3 is 2.80 bits per heavy atom. The number of nitrogens with zero attached hydrogens (tertiary/aromatic N) is 2. The van der Waals surface area contributed by atoms with E-state index in [4.69, 9.17) is 15.2 Å². The summed E-state index contributed by atoms with van der Waals surface area (Å²) in [6, 6.07) is 5.24. The molecule has 0 atom stereocenters. The van der Waals surface area contributed by atoms with Crippen molar-refractivity contribution >= 4 is 28.1 Å². The van der Waals surface area contributed by atoms with E-state index in [2.05, 4.69) is 15.5 Å². The van der Waals surface area contributed by atoms with Gasteiger partial charge in [-0.2, -0.15) is 0 Å². The molecule has 0 radical (unpaired) electrons. The normalized spacial score (nSPS) is 13.6. The maximum absolute atomic E-state index is 11.9. The zero-order valence-electron chi connectivity index (χ0n) is 10.5. The summed E-state index contributed by atoms with van der Waals surface area (Å²) in [5, 5.41) is 10.5. The van der Waals surface area contributed by atoms with Gasteiger partial charge in [-0.05, 0) is 12.1 Å². The number of nitrogen functional groups attached to an aromatic ring is 1. The zero-order valence-corrected chi connectivity index (χ0v) is 11.3. The average Bonchev–Trinajstić information content (AvgIpc) is 2.74. The standard InChI is InChI=1S/C12H12N4O3S/c13-12-16-15-11(20-12)10(17)14-7-2-3-8-9(6-7)19-5-1-4-18-8/h2-3,6H,1,4-5H2,(H2,13,16)(H,14,17). The monoisotopic (exact) mass is 292 g/mol. The number of hydrogen-bond donors (Lipinski definition) is 2. The first kappa shape index (κ1) is 12.7. The predicted molar refractivity (Wildman–Crippen MR) is 74.3 cm³/mol. The summed E-state index contributed by atoms with van der Waals surface area (Å²) >= 11 is 1.03. The van der Waals surface area contributed by atoms with Crippen molar-refractivity contribution in [2.75, 3.05) is 24.3 Å². The largest absolute Gasteiger partial charge is 0.490 e. The highest BCUT2D eigenvalue weighted by Gasteiger charge is 2.15. The summed E-state index contributed by atoms with van der Waals surface area (Å²) in [6.45, 7) is 1.22. The van der Waals surface area contributed by atoms with Crippen molar-refractivity contribution in [3.8, 4) is 11.5 Å². The Balaban J connectivity index is 1.77. The first-order valence-electron chi connectivity index (χ1n) is 6.02. The molecule has 1 amide bonds. The van der Waals surface area contributed by atoms with Crippen LogP contribution in [0, 0.1) is 0 Å². The summed E-state index contributed by atoms with van der Waals surface area (Å²) in [6.07, 6.45) is 0.834. The molecule has 0 saturated heterocycles. The molecule has 0 unspecified atom stereocenters. The Bertz CT molecular complexity index is 643. The van der Waals surface area contributed by atoms with E-state index in [1.54, 1.807) is 18.2 Å². The molecule has 20 heavy (non-hydrogen) atoms. The van der Waals surface area contributed by atoms with Crippen LogP contribution in [0.1, 0.15) is 16.2 Å². The Hall–Kier alpha value is -2.35. The molecule has 0 aliphatic carbocycles. The lowest BCUT2D eigenvalue weighted by molar-refractivity contribution is 0.102. The van der Waals surface area contributed by atoms with Crippen molar-refractivity contribution in [3.63, 3.8) is 0 Å². The van der Waals surface area contributed by atoms with Crippen LogP contribution in [0.3, 0.4) is 0 Å². The number of nitrogens with two attached hydrogens (primary N) is 1. The van der Waals surface area contributed by atoms with Gasteiger partial charge in [0, 0.05) is 18.2 Å². The minimum Gasteiger partial charge on any atom is -0.490 e. The fourth-order valence-corrected chi connectivity index (χ4v) is 2.26. The van der Waals surface area contributed by atoms with E-state index in [0.717, 1.165) is 17.8 Å². The van der Waals surface area contributed by atoms with Gasteiger partial charge in [-0.3, -0.25) is 4.79 Å². The van der Waals surface area contributed by atoms with Crippen molar-refractivity contribution < 1.29 is 14.3 Å². The molecule has 0 fully saturated rings. The van der Waals surface area contributed by atoms with Crippen LogP contribution in [0.25, 0.3) is 0 Å². The fourth-order valence-electron chi connectivity index (χ4n) is 1.75. The maximum Gasteiger partial charge on any atom is 0.286 e. The van der Waals surface area contributed by atoms with E-state index < -0.39 is 0 Å². The quantitative estimate of drug-likeness (QED) is 0.871. The number of carbonyl (C=O) groups is 1. The highest BCUT2D eigenvalue weighted by molar-refractivity contribution is 7.16. The van der Waals surface area contributed by atoms with E-state index in [1.165, 1.54) is 0 Å². The van der Waals surface area contributed by atoms with Crippen molar-refractivity contribution in [1.82, 2.24) is 10.2 Å². The van der Waals surface area contributed by atoms with Crippen LogP contribution in [0.15, 0.2) is 18.2 Å². The van der Waals surface area contributed by atoms with Gasteiger partial charge in [0.25, 0.3) is 5.91 Å². The van der Waals surface area contributed by atoms with E-state index in [0.29, 0.717) is 30.4 Å². The van der Waals surface area contributed by atoms with Crippen LogP contribution in [0.5, 0.6) is 11.5 Å². The Labute approximate surface area is 118 Å². The summed E-state index contributed by atoms with van der Waals surface area (Å²) in [5.74, 6) is 0.950. The number of benzene rings is 1. The van der Waals surface area contributed by atoms with Crippen molar-refractivity contribution in [3.05, 3.63) is 23.2 Å². The third-order valence-electron chi connectivity index (χ3n) is 2.64. The van der Waals surface area contributed by atoms with Gasteiger partial charge in [0.05, 0.1) is 13.2 Å². The van der Waals surface area contributed by atoms with Gasteiger partial charge in [-0.15, -0.1) is 10.2 Å². The first-order chi connectivity index (χ1) is 9.72. The van der Waals surface area contributed by atoms with Gasteiger partial charge in [0.1, 0.15) is 0 Å². The Kier molecular flexibility index (Phi) is 3.38. The van der Waals surface area contributed by atoms with E-state index in [-0.39, 0.29) is 16.0 Å². The van der Waals surface area contributed by atoms with E-state index in [9.17, 15) is 4.79 Å². The average molecular weight is 292 g/mol. The summed E-state index contributed by atoms with van der Waals surface area (Å²) < 4.78 is 11.1. The van der Waals surface area contributed by atoms with Gasteiger partial charge in [-0.1, -0.05) is 11.3 Å². The van der Waals surface area contributed by atoms with Crippen molar-refractivity contribution in [2.45, 2.75) is 6.42 Å². The number of rotatable bonds is 2. The smallest absolute Gasteiger partial charge is 0.286 e. The molecule has 1 aliphatic heterocycles. The van der Waals surface area contributed by atoms with Gasteiger partial charge >= 0.3 is 0 Å². The number of fused-ring (bicyclic) bond motifs is 1. The summed E-state index contributed by atoms with van der Waals surface area (Å²) in [5.41, 5.74) is 6.05. The van der Waals surface area contributed by atoms with Gasteiger partial charge < -0.3 is 20.5 Å². The van der Waals surface area contributed by atoms with Crippen LogP contribution in [-0.4, -0.2) is 29.3 Å². The SMILES string of the molecule is Nc1nnc(C(=O)Nc2ccc3c(c2)OCCCO3)s1. The number of nitrogens with one attached hydrogen (secondary N) is 1. The van der Waals surface area contributed by atoms with Gasteiger partial charge in [0.2, 0.25) is 10.1 Å². The van der Waals surface area contributed by atoms with E-state index in [1.807, 2.05) is 0 Å². The molecule has 3 N–H and O–H groups in total. The molecule has 7 nitrogen and oxygen atoms in total. The van der Waals surface area contributed by atoms with Crippen LogP contribution in [0.4, 0.5) is 10.8 Å². The minimum atomic E-state index is -0.353. The fraction of sp³-hybridized carbons (Fsp3) is 0.250. The number of anilines is 2. The molecule has 8 heteroatoms. The van der Waals surface area contributed by atoms with Gasteiger partial charge in [-0.25, -0.2) is 0 Å². The van der Waals surface area contributed by atoms with Crippen molar-refractivity contribution in [1.29, 1.82) is 0 Å². The van der Waals surface area contributed by atoms with Gasteiger partial charge in [0.15, 0.2) is 11.5 Å². The molecule has 2 heterocycles. The molecule has 0 spiro atoms. The first-order valence-corrected chi connectivity index (χ1v) is 6.84. The second kappa shape index (κ2) is 5.33. The lowest BCUT2D eigenvalue weighted by Gasteiger charge is -2.09. The molecule has 0 bridgehead atoms. The third kappa shape index (κ3) is 2.64. The van der Waals surface area contributed by atoms with E-state index >= 15 is 0 Å². The van der Waals surface area contributed by atoms with Crippen LogP contribution in [-0.2, 0) is 0 Å². The molecule has 0 saturated carbocycles. The summed E-state index contributed by atoms with van der Waals surface area (Å²) in [4.78, 5) is 11.9. The number of ether oxygens (including phenoxy) is 2. The number of aromatic nitrogens is 2. The Morgan fingerprint density at radius 2 is 2.05 bits per heavy atom. The molecule has 1 aromatic heterocycles. The molecule has 2 aromatic rings. The summed E-state index contributed by atoms with van der Waals surface area (Å²) in [7, 11) is 0.